The highest BCUT2D eigenvalue weighted by molar-refractivity contribution is 7.88. The maximum atomic E-state index is 12.6. The van der Waals surface area contributed by atoms with Gasteiger partial charge in [-0.15, -0.1) is 0 Å². The zero-order valence-corrected chi connectivity index (χ0v) is 17.3. The summed E-state index contributed by atoms with van der Waals surface area (Å²) in [5.74, 6) is -0.871. The normalized spacial score (nSPS) is 21.6. The van der Waals surface area contributed by atoms with Gasteiger partial charge in [-0.3, -0.25) is 19.3 Å². The molecule has 30 heavy (non-hydrogen) atoms. The van der Waals surface area contributed by atoms with Gasteiger partial charge in [0.15, 0.2) is 11.3 Å². The lowest BCUT2D eigenvalue weighted by molar-refractivity contribution is -0.136. The number of carboxylic acids is 1. The van der Waals surface area contributed by atoms with Gasteiger partial charge in [-0.05, 0) is 30.0 Å². The van der Waals surface area contributed by atoms with Gasteiger partial charge in [-0.2, -0.15) is 0 Å². The average Bonchev–Trinajstić information content (AvgIpc) is 3.16. The van der Waals surface area contributed by atoms with E-state index in [9.17, 15) is 18.0 Å². The molecule has 1 spiro atoms. The van der Waals surface area contributed by atoms with Crippen molar-refractivity contribution in [2.45, 2.75) is 31.1 Å². The number of Topliss-reactive ketones (excluding diaryl/α,β-unsaturated/α-hetero) is 1. The number of carboxylic acid groups (broad SMARTS) is 1. The van der Waals surface area contributed by atoms with Gasteiger partial charge in [-0.25, -0.2) is 8.42 Å². The lowest BCUT2D eigenvalue weighted by Gasteiger charge is -2.36. The van der Waals surface area contributed by atoms with Gasteiger partial charge < -0.3 is 10.4 Å². The predicted molar refractivity (Wildman–Crippen MR) is 113 cm³/mol. The summed E-state index contributed by atoms with van der Waals surface area (Å²) in [7, 11) is -3.60. The topological polar surface area (TPSA) is 125 Å². The number of ketones is 1. The molecule has 3 N–H and O–H groups in total. The Morgan fingerprint density at radius 1 is 1.23 bits per heavy atom. The van der Waals surface area contributed by atoms with Crippen molar-refractivity contribution in [3.63, 3.8) is 0 Å². The van der Waals surface area contributed by atoms with Gasteiger partial charge in [0.1, 0.15) is 0 Å². The number of nitrogens with zero attached hydrogens (tertiary/aromatic N) is 1. The number of sulfonamides is 1. The number of carbonyl (C=O) groups is 2. The van der Waals surface area contributed by atoms with Gasteiger partial charge in [-0.1, -0.05) is 37.3 Å². The van der Waals surface area contributed by atoms with Crippen LogP contribution < -0.4 is 10.0 Å². The Morgan fingerprint density at radius 2 is 1.93 bits per heavy atom. The number of carbonyl (C=O) groups excluding carboxylic acids is 1. The zero-order valence-electron chi connectivity index (χ0n) is 16.5. The monoisotopic (exact) mass is 429 g/mol. The molecule has 9 heteroatoms. The van der Waals surface area contributed by atoms with E-state index in [0.717, 1.165) is 0 Å². The third kappa shape index (κ3) is 4.35. The van der Waals surface area contributed by atoms with E-state index in [2.05, 4.69) is 15.0 Å². The lowest BCUT2D eigenvalue weighted by Crippen LogP contribution is -2.58. The van der Waals surface area contributed by atoms with Crippen molar-refractivity contribution >= 4 is 27.5 Å². The van der Waals surface area contributed by atoms with Crippen LogP contribution in [0.1, 0.15) is 25.3 Å². The number of nitrogens with one attached hydrogen (secondary N) is 2. The van der Waals surface area contributed by atoms with Crippen molar-refractivity contribution in [1.29, 1.82) is 0 Å². The van der Waals surface area contributed by atoms with E-state index in [4.69, 9.17) is 5.11 Å². The van der Waals surface area contributed by atoms with Crippen molar-refractivity contribution in [2.24, 2.45) is 4.99 Å². The van der Waals surface area contributed by atoms with Crippen LogP contribution in [0.4, 0.5) is 0 Å². The quantitative estimate of drug-likeness (QED) is 0.654. The zero-order chi connectivity index (χ0) is 21.8. The van der Waals surface area contributed by atoms with Crippen molar-refractivity contribution in [1.82, 2.24) is 10.0 Å². The van der Waals surface area contributed by atoms with E-state index < -0.39 is 21.5 Å². The summed E-state index contributed by atoms with van der Waals surface area (Å²) in [5.41, 5.74) is 1.31. The first-order valence-electron chi connectivity index (χ1n) is 9.50. The molecule has 4 rings (SSSR count). The fourth-order valence-corrected chi connectivity index (χ4v) is 4.65. The van der Waals surface area contributed by atoms with E-state index in [1.807, 2.05) is 6.07 Å². The van der Waals surface area contributed by atoms with Crippen molar-refractivity contribution in [3.8, 4) is 0 Å². The lowest BCUT2D eigenvalue weighted by atomic mass is 9.76. The molecule has 8 nitrogen and oxygen atoms in total. The Balaban J connectivity index is 0.000000461. The molecule has 0 aromatic heterocycles. The van der Waals surface area contributed by atoms with Crippen LogP contribution in [-0.4, -0.2) is 43.1 Å². The third-order valence-corrected chi connectivity index (χ3v) is 6.09. The van der Waals surface area contributed by atoms with Crippen LogP contribution in [0.25, 0.3) is 0 Å². The smallest absolute Gasteiger partial charge is 0.303 e. The molecule has 1 unspecified atom stereocenters. The molecule has 0 saturated heterocycles. The summed E-state index contributed by atoms with van der Waals surface area (Å²) in [4.78, 5) is 26.4. The average molecular weight is 429 g/mol. The molecule has 0 fully saturated rings. The van der Waals surface area contributed by atoms with Crippen LogP contribution >= 0.6 is 0 Å². The van der Waals surface area contributed by atoms with Gasteiger partial charge in [0.25, 0.3) is 0 Å². The fraction of sp³-hybridized carbons (Fsp3) is 0.286. The number of hydrogen-bond acceptors (Lipinski definition) is 6. The minimum Gasteiger partial charge on any atom is -0.481 e. The Hall–Kier alpha value is -3.20. The molecule has 0 saturated carbocycles. The standard InChI is InChI=1S/C18H17N3O3S.C3H6O2/c22-17-9-10-19-16-7-6-15(14-8-11-20-18(14,16)17)21-25(23,24)12-13-4-2-1-3-5-13;1-2-3(4)5/h1-8,11,20-21H,9-10,12H2;2H2,1H3,(H,4,5). The Kier molecular flexibility index (Phi) is 6.21. The second-order valence-electron chi connectivity index (χ2n) is 6.92. The van der Waals surface area contributed by atoms with E-state index >= 15 is 0 Å². The minimum absolute atomic E-state index is 0.00149. The molecule has 0 radical (unpaired) electrons. The van der Waals surface area contributed by atoms with Crippen LogP contribution in [-0.2, 0) is 25.4 Å². The van der Waals surface area contributed by atoms with Gasteiger partial charge in [0, 0.05) is 25.0 Å². The minimum atomic E-state index is -3.60. The maximum Gasteiger partial charge on any atom is 0.303 e. The van der Waals surface area contributed by atoms with E-state index in [0.29, 0.717) is 35.5 Å². The van der Waals surface area contributed by atoms with E-state index in [-0.39, 0.29) is 18.0 Å². The maximum absolute atomic E-state index is 12.6. The Labute approximate surface area is 175 Å². The number of hydrogen-bond donors (Lipinski definition) is 3. The van der Waals surface area contributed by atoms with E-state index in [1.165, 1.54) is 0 Å². The SMILES string of the molecule is CCC(=O)O.O=C1CCN=C2C=CC(NS(=O)(=O)Cc3ccccc3)=C3C=CNC123. The first kappa shape index (κ1) is 21.5. The molecule has 1 atom stereocenters. The summed E-state index contributed by atoms with van der Waals surface area (Å²) in [6.45, 7) is 2.06. The van der Waals surface area contributed by atoms with Gasteiger partial charge in [0.05, 0.1) is 17.2 Å². The van der Waals surface area contributed by atoms with Gasteiger partial charge >= 0.3 is 5.97 Å². The molecule has 2 heterocycles. The Bertz CT molecular complexity index is 1070. The summed E-state index contributed by atoms with van der Waals surface area (Å²) in [5, 5.41) is 10.8. The van der Waals surface area contributed by atoms with Crippen molar-refractivity contribution < 1.29 is 23.1 Å². The summed E-state index contributed by atoms with van der Waals surface area (Å²) < 4.78 is 27.7. The highest BCUT2D eigenvalue weighted by atomic mass is 32.2. The molecule has 1 aromatic carbocycles. The summed E-state index contributed by atoms with van der Waals surface area (Å²) in [6, 6.07) is 8.97. The molecule has 1 aliphatic carbocycles. The first-order chi connectivity index (χ1) is 14.3. The number of benzene rings is 1. The van der Waals surface area contributed by atoms with E-state index in [1.54, 1.807) is 55.6 Å². The number of allylic oxidation sites excluding steroid dienone is 1. The molecule has 3 aliphatic rings. The Morgan fingerprint density at radius 3 is 2.60 bits per heavy atom. The second kappa shape index (κ2) is 8.66. The largest absolute Gasteiger partial charge is 0.481 e. The van der Waals surface area contributed by atoms with Crippen LogP contribution in [0.2, 0.25) is 0 Å². The van der Waals surface area contributed by atoms with Crippen molar-refractivity contribution in [2.75, 3.05) is 6.54 Å². The number of aliphatic carboxylic acids is 1. The molecular formula is C21H23N3O5S. The van der Waals surface area contributed by atoms with Crippen LogP contribution in [0.15, 0.2) is 71.0 Å². The predicted octanol–water partition coefficient (Wildman–Crippen LogP) is 1.68. The summed E-state index contributed by atoms with van der Waals surface area (Å²) in [6.07, 6.45) is 7.35. The first-order valence-corrected chi connectivity index (χ1v) is 11.1. The van der Waals surface area contributed by atoms with Crippen molar-refractivity contribution in [3.05, 3.63) is 71.6 Å². The molecule has 2 aliphatic heterocycles. The molecular weight excluding hydrogens is 406 g/mol. The molecule has 158 valence electrons. The van der Waals surface area contributed by atoms with Gasteiger partial charge in [0.2, 0.25) is 10.0 Å². The fourth-order valence-electron chi connectivity index (χ4n) is 3.43. The highest BCUT2D eigenvalue weighted by Crippen LogP contribution is 2.35. The number of aliphatic imine (C=N–C) groups is 1. The summed E-state index contributed by atoms with van der Waals surface area (Å²) >= 11 is 0. The number of rotatable bonds is 5. The molecule has 0 amide bonds. The highest BCUT2D eigenvalue weighted by Gasteiger charge is 2.50. The van der Waals surface area contributed by atoms with Crippen LogP contribution in [0, 0.1) is 0 Å². The molecule has 0 bridgehead atoms. The second-order valence-corrected chi connectivity index (χ2v) is 8.64. The molecule has 1 aromatic rings. The van der Waals surface area contributed by atoms with Crippen LogP contribution in [0.3, 0.4) is 0 Å². The van der Waals surface area contributed by atoms with Crippen LogP contribution in [0.5, 0.6) is 0 Å². The third-order valence-electron chi connectivity index (χ3n) is 4.84.